The van der Waals surface area contributed by atoms with Gasteiger partial charge in [0.05, 0.1) is 46.9 Å². The van der Waals surface area contributed by atoms with Crippen LogP contribution in [0.4, 0.5) is 69.8 Å². The van der Waals surface area contributed by atoms with E-state index in [4.69, 9.17) is 85.3 Å². The fraction of sp³-hybridized carbons (Fsp3) is 0.495. The van der Waals surface area contributed by atoms with Crippen LogP contribution in [0.15, 0.2) is 141 Å². The van der Waals surface area contributed by atoms with E-state index < -0.39 is 0 Å². The van der Waals surface area contributed by atoms with Crippen LogP contribution < -0.4 is 82.1 Å². The summed E-state index contributed by atoms with van der Waals surface area (Å²) >= 11 is 25.9. The average Bonchev–Trinajstić information content (AvgIpc) is 1.61. The van der Waals surface area contributed by atoms with E-state index in [1.54, 1.807) is 95.0 Å². The van der Waals surface area contributed by atoms with Crippen LogP contribution in [0.5, 0.6) is 23.0 Å². The Morgan fingerprint density at radius 3 is 0.832 bits per heavy atom. The Kier molecular flexibility index (Phi) is 32.7. The van der Waals surface area contributed by atoms with Crippen molar-refractivity contribution in [2.75, 3.05) is 160 Å². The molecule has 4 aromatic carbocycles. The van der Waals surface area contributed by atoms with E-state index in [1.165, 1.54) is 58.0 Å². The first kappa shape index (κ1) is 108. The largest absolute Gasteiger partial charge is 0.480 e. The summed E-state index contributed by atoms with van der Waals surface area (Å²) in [6.45, 7) is 39.1. The minimum atomic E-state index is -0.253. The summed E-state index contributed by atoms with van der Waals surface area (Å²) in [4.78, 5) is 150. The first-order valence-corrected chi connectivity index (χ1v) is 53.6. The Morgan fingerprint density at radius 1 is 0.336 bits per heavy atom. The minimum Gasteiger partial charge on any atom is -0.480 e. The first-order valence-electron chi connectivity index (χ1n) is 52.1. The SMILES string of the molecule is CCC(=O)COc1cc2cc(Nc3nc(N4CC5(CC(C)C5)C4)ncc3Cl)ccc2n(C(C)C)c1=O.CCC(=O)COc1cc2cc(Nc3nc(N4CC5(CCN(C)C5)C4)ncc3Cl)ccc2n(C(C)C)c1=O.CCC(=O)COc1cc2cc(Nc3nc(N4CCC5(CC4)CC(C)C5)ncc3Cl)ccc2n(C(C)C)c1=O.CCC(=O)COc1cc2cc(Nc3nc(N4CCC5(CC4)CN(C)C5)ncc3Cl)ccc2n(C(C)C)c1=O. The van der Waals surface area contributed by atoms with E-state index in [0.717, 1.165) is 156 Å². The highest BCUT2D eigenvalue weighted by atomic mass is 35.5. The maximum atomic E-state index is 13.1. The number of nitrogens with zero attached hydrogens (tertiary/aromatic N) is 18. The highest BCUT2D eigenvalue weighted by Crippen LogP contribution is 2.54. The van der Waals surface area contributed by atoms with Gasteiger partial charge >= 0.3 is 0 Å². The van der Waals surface area contributed by atoms with Crippen LogP contribution in [0.1, 0.15) is 205 Å². The molecular formula is C111H136Cl4N22O12. The standard InChI is InChI=1S/C29H36ClN5O3.C28H35ClN6O3.C27H33ClN6O3.C27H32ClN5O3/c1-5-22(36)17-38-25-13-20-12-21(6-7-24(20)35(18(2)3)27(25)37)32-26-23(30)16-31-28(33-26)34-10-8-29(9-11-34)14-19(4)15-29;1-5-21(36)15-38-24-13-19-12-20(6-7-23(19)35(18(2)3)26(24)37)31-25-22(29)14-30-27(32-25)34-10-8-28(9-11-34)16-33(4)17-28;1-5-20(35)13-37-23-11-18-10-19(6-7-22(18)34(17(2)3)25(23)36)30-24-21(28)12-29-26(31-24)33-15-27(16-33)8-9-32(4)14-27;1-5-20(34)13-36-23-9-18-8-19(6-7-22(18)33(16(2)3)25(23)35)30-24-21(28)12-29-26(31-24)32-14-27(15-32)10-17(4)11-27/h6-7,12-13,16,18-19H,5,8-11,14-15,17H2,1-4H3,(H,31,32,33);6-7,12-14,18H,5,8-11,15-17H2,1-4H3,(H,30,31,32);6-7,10-12,17H,5,8-9,13-16H2,1-4H3,(H,29,30,31);6-9,12,16-17H,5,10-11,13-15H2,1-4H3,(H,29,30,31). The minimum absolute atomic E-state index is 0.0589. The van der Waals surface area contributed by atoms with Crippen LogP contribution >= 0.6 is 46.4 Å². The number of carbonyl (C=O) groups is 4. The molecule has 8 aromatic heterocycles. The van der Waals surface area contributed by atoms with E-state index in [9.17, 15) is 38.4 Å². The number of hydrogen-bond donors (Lipinski definition) is 4. The van der Waals surface area contributed by atoms with Crippen molar-refractivity contribution < 1.29 is 38.1 Å². The number of anilines is 12. The van der Waals surface area contributed by atoms with Gasteiger partial charge in [-0.1, -0.05) is 87.9 Å². The van der Waals surface area contributed by atoms with Gasteiger partial charge in [0, 0.05) is 177 Å². The van der Waals surface area contributed by atoms with Gasteiger partial charge in [0.15, 0.2) is 69.4 Å². The second-order valence-electron chi connectivity index (χ2n) is 43.3. The lowest BCUT2D eigenvalue weighted by Gasteiger charge is -2.58. The summed E-state index contributed by atoms with van der Waals surface area (Å²) in [5.74, 6) is 6.89. The van der Waals surface area contributed by atoms with Gasteiger partial charge in [0.1, 0.15) is 46.5 Å². The van der Waals surface area contributed by atoms with Crippen molar-refractivity contribution in [3.63, 3.8) is 0 Å². The molecule has 20 rings (SSSR count). The quantitative estimate of drug-likeness (QED) is 0.0304. The maximum absolute atomic E-state index is 13.1. The predicted octanol–water partition coefficient (Wildman–Crippen LogP) is 20.4. The van der Waals surface area contributed by atoms with Gasteiger partial charge in [-0.3, -0.25) is 38.4 Å². The molecule has 8 aliphatic rings. The topological polar surface area (TPSA) is 364 Å². The molecule has 4 N–H and O–H groups in total. The summed E-state index contributed by atoms with van der Waals surface area (Å²) in [6.07, 6.45) is 19.1. The number of aromatic nitrogens is 12. The Morgan fingerprint density at radius 2 is 0.584 bits per heavy atom. The zero-order chi connectivity index (χ0) is 106. The highest BCUT2D eigenvalue weighted by molar-refractivity contribution is 6.34. The Hall–Kier alpha value is -12.6. The molecule has 0 bridgehead atoms. The van der Waals surface area contributed by atoms with E-state index in [0.29, 0.717) is 114 Å². The van der Waals surface area contributed by atoms with Crippen molar-refractivity contribution in [3.05, 3.63) is 183 Å². The molecule has 12 aromatic rings. The number of nitrogens with one attached hydrogen (secondary N) is 4. The summed E-state index contributed by atoms with van der Waals surface area (Å²) in [5.41, 5.74) is 6.96. The second kappa shape index (κ2) is 45.3. The summed E-state index contributed by atoms with van der Waals surface area (Å²) in [6, 6.07) is 29.3. The summed E-state index contributed by atoms with van der Waals surface area (Å²) in [5, 5.41) is 18.2. The van der Waals surface area contributed by atoms with Crippen molar-refractivity contribution in [2.24, 2.45) is 33.5 Å². The number of ether oxygens (including phenoxy) is 4. The van der Waals surface area contributed by atoms with E-state index in [1.807, 2.05) is 128 Å². The van der Waals surface area contributed by atoms with Crippen molar-refractivity contribution in [1.82, 2.24) is 67.9 Å². The summed E-state index contributed by atoms with van der Waals surface area (Å²) in [7, 11) is 4.34. The molecule has 149 heavy (non-hydrogen) atoms. The molecule has 8 fully saturated rings. The number of piperidine rings is 2. The molecule has 0 atom stereocenters. The van der Waals surface area contributed by atoms with Gasteiger partial charge in [0.2, 0.25) is 23.8 Å². The second-order valence-corrected chi connectivity index (χ2v) is 44.9. The number of benzene rings is 4. The normalized spacial score (nSPS) is 17.0. The van der Waals surface area contributed by atoms with E-state index in [-0.39, 0.29) is 119 Å². The predicted molar refractivity (Wildman–Crippen MR) is 592 cm³/mol. The number of carbonyl (C=O) groups excluding carboxylic acids is 4. The molecule has 790 valence electrons. The molecule has 0 radical (unpaired) electrons. The number of pyridine rings is 4. The van der Waals surface area contributed by atoms with Gasteiger partial charge in [-0.15, -0.1) is 0 Å². The van der Waals surface area contributed by atoms with Gasteiger partial charge in [-0.25, -0.2) is 19.9 Å². The van der Waals surface area contributed by atoms with Crippen molar-refractivity contribution >= 4 is 183 Å². The Balaban J connectivity index is 0.000000135. The maximum Gasteiger partial charge on any atom is 0.293 e. The molecule has 14 heterocycles. The number of fused-ring (bicyclic) bond motifs is 4. The van der Waals surface area contributed by atoms with Crippen LogP contribution in [0.25, 0.3) is 43.6 Å². The summed E-state index contributed by atoms with van der Waals surface area (Å²) < 4.78 is 29.2. The first-order chi connectivity index (χ1) is 71.2. The van der Waals surface area contributed by atoms with Crippen molar-refractivity contribution in [1.29, 1.82) is 0 Å². The van der Waals surface area contributed by atoms with Gasteiger partial charge in [0.25, 0.3) is 22.2 Å². The Bertz CT molecular complexity index is 7070. The number of halogens is 4. The van der Waals surface area contributed by atoms with Crippen LogP contribution in [-0.4, -0.2) is 210 Å². The average molecular weight is 2110 g/mol. The third kappa shape index (κ3) is 24.1. The van der Waals surface area contributed by atoms with Gasteiger partial charge < -0.3 is 87.9 Å². The third-order valence-corrected chi connectivity index (χ3v) is 31.1. The molecule has 0 unspecified atom stereocenters. The third-order valence-electron chi connectivity index (χ3n) is 30.0. The number of hydrogen-bond acceptors (Lipinski definition) is 30. The van der Waals surface area contributed by atoms with Crippen molar-refractivity contribution in [2.45, 2.75) is 205 Å². The molecule has 6 aliphatic heterocycles. The molecule has 4 spiro atoms. The van der Waals surface area contributed by atoms with Crippen molar-refractivity contribution in [3.8, 4) is 23.0 Å². The number of likely N-dealkylation sites (tertiary alicyclic amines) is 2. The molecular weight excluding hydrogens is 1980 g/mol. The molecule has 6 saturated heterocycles. The fourth-order valence-corrected chi connectivity index (χ4v) is 23.1. The fourth-order valence-electron chi connectivity index (χ4n) is 22.5. The zero-order valence-electron chi connectivity index (χ0n) is 88.0. The smallest absolute Gasteiger partial charge is 0.293 e. The van der Waals surface area contributed by atoms with Crippen LogP contribution in [0.3, 0.4) is 0 Å². The molecule has 2 saturated carbocycles. The molecule has 38 heteroatoms. The van der Waals surface area contributed by atoms with E-state index >= 15 is 0 Å². The number of Topliss-reactive ketones (excluding diaryl/α,β-unsaturated/α-hetero) is 4. The Labute approximate surface area is 887 Å². The van der Waals surface area contributed by atoms with Crippen LogP contribution in [-0.2, 0) is 19.2 Å². The lowest BCUT2D eigenvalue weighted by Crippen LogP contribution is -2.62. The van der Waals surface area contributed by atoms with Gasteiger partial charge in [-0.2, -0.15) is 19.9 Å². The van der Waals surface area contributed by atoms with Crippen LogP contribution in [0.2, 0.25) is 20.1 Å². The lowest BCUT2D eigenvalue weighted by molar-refractivity contribution is -0.121. The lowest BCUT2D eigenvalue weighted by atomic mass is 9.58. The van der Waals surface area contributed by atoms with E-state index in [2.05, 4.69) is 98.5 Å². The molecule has 0 amide bonds. The van der Waals surface area contributed by atoms with Gasteiger partial charge in [-0.05, 0) is 254 Å². The van der Waals surface area contributed by atoms with Crippen LogP contribution in [0, 0.1) is 33.5 Å². The monoisotopic (exact) mass is 2110 g/mol. The zero-order valence-corrected chi connectivity index (χ0v) is 91.0. The highest BCUT2D eigenvalue weighted by Gasteiger charge is 2.52. The number of rotatable bonds is 32. The number of ketones is 4. The molecule has 34 nitrogen and oxygen atoms in total. The molecule has 2 aliphatic carbocycles.